The molecule has 0 unspecified atom stereocenters. The van der Waals surface area contributed by atoms with E-state index in [0.717, 1.165) is 28.7 Å². The third kappa shape index (κ3) is 4.60. The summed E-state index contributed by atoms with van der Waals surface area (Å²) >= 11 is 0. The van der Waals surface area contributed by atoms with E-state index in [1.54, 1.807) is 12.1 Å². The first-order chi connectivity index (χ1) is 12.3. The van der Waals surface area contributed by atoms with Crippen molar-refractivity contribution in [3.8, 4) is 17.1 Å². The van der Waals surface area contributed by atoms with Crippen molar-refractivity contribution in [2.75, 3.05) is 0 Å². The van der Waals surface area contributed by atoms with Gasteiger partial charge in [0.2, 0.25) is 0 Å². The summed E-state index contributed by atoms with van der Waals surface area (Å²) < 4.78 is 6.20. The van der Waals surface area contributed by atoms with Gasteiger partial charge >= 0.3 is 11.3 Å². The molecule has 0 saturated heterocycles. The van der Waals surface area contributed by atoms with Gasteiger partial charge in [-0.05, 0) is 43.2 Å². The fourth-order valence-electron chi connectivity index (χ4n) is 3.27. The van der Waals surface area contributed by atoms with Gasteiger partial charge in [0.15, 0.2) is 0 Å². The molecule has 2 nitrogen and oxygen atoms in total. The van der Waals surface area contributed by atoms with Gasteiger partial charge in [-0.2, -0.15) is 0 Å². The Hall–Kier alpha value is -2.35. The summed E-state index contributed by atoms with van der Waals surface area (Å²) in [7, 11) is 0. The van der Waals surface area contributed by atoms with E-state index in [1.807, 2.05) is 24.3 Å². The molecule has 0 fully saturated rings. The molecular formula is C23H27O2+. The minimum Gasteiger partial charge on any atom is -0.508 e. The monoisotopic (exact) mass is 335 g/mol. The second kappa shape index (κ2) is 8.66. The van der Waals surface area contributed by atoms with E-state index in [-0.39, 0.29) is 5.75 Å². The summed E-state index contributed by atoms with van der Waals surface area (Å²) in [4.78, 5) is 0. The van der Waals surface area contributed by atoms with Gasteiger partial charge < -0.3 is 5.11 Å². The number of aromatic hydroxyl groups is 1. The third-order valence-corrected chi connectivity index (χ3v) is 4.67. The summed E-state index contributed by atoms with van der Waals surface area (Å²) in [5.74, 6) is 1.16. The van der Waals surface area contributed by atoms with E-state index < -0.39 is 0 Å². The minimum absolute atomic E-state index is 0.235. The lowest BCUT2D eigenvalue weighted by molar-refractivity contribution is 0.474. The number of hydrogen-bond donors (Lipinski definition) is 1. The zero-order chi connectivity index (χ0) is 17.5. The average molecular weight is 335 g/mol. The molecule has 0 aliphatic rings. The molecule has 1 N–H and O–H groups in total. The van der Waals surface area contributed by atoms with Crippen molar-refractivity contribution in [3.05, 3.63) is 60.2 Å². The van der Waals surface area contributed by atoms with Crippen LogP contribution in [0.1, 0.15) is 51.0 Å². The predicted octanol–water partition coefficient (Wildman–Crippen LogP) is 6.99. The zero-order valence-corrected chi connectivity index (χ0v) is 15.0. The topological polar surface area (TPSA) is 31.5 Å². The normalized spacial score (nSPS) is 11.1. The molecule has 25 heavy (non-hydrogen) atoms. The number of unbranched alkanes of at least 4 members (excludes halogenated alkanes) is 5. The second-order valence-corrected chi connectivity index (χ2v) is 6.71. The molecule has 2 aromatic carbocycles. The van der Waals surface area contributed by atoms with E-state index in [4.69, 9.17) is 4.42 Å². The summed E-state index contributed by atoms with van der Waals surface area (Å²) in [5.41, 5.74) is 3.07. The van der Waals surface area contributed by atoms with Crippen molar-refractivity contribution >= 4 is 11.0 Å². The standard InChI is InChI=1S/C23H26O2/c1-2-3-4-5-6-8-13-20-16-19-14-15-21(24)17-22(19)25-23(20)18-11-9-7-10-12-18/h7,9-12,14-17H,2-6,8,13H2,1H3/p+1. The maximum atomic E-state index is 9.75. The minimum atomic E-state index is 0.235. The van der Waals surface area contributed by atoms with Crippen molar-refractivity contribution in [2.45, 2.75) is 51.9 Å². The molecular weight excluding hydrogens is 308 g/mol. The van der Waals surface area contributed by atoms with E-state index in [1.165, 1.54) is 44.1 Å². The Bertz CT molecular complexity index is 809. The fraction of sp³-hybridized carbons (Fsp3) is 0.348. The first-order valence-corrected chi connectivity index (χ1v) is 9.42. The average Bonchev–Trinajstić information content (AvgIpc) is 2.64. The predicted molar refractivity (Wildman–Crippen MR) is 105 cm³/mol. The number of rotatable bonds is 8. The second-order valence-electron chi connectivity index (χ2n) is 6.71. The molecule has 130 valence electrons. The fourth-order valence-corrected chi connectivity index (χ4v) is 3.27. The van der Waals surface area contributed by atoms with Gasteiger partial charge in [0.1, 0.15) is 5.75 Å². The first-order valence-electron chi connectivity index (χ1n) is 9.42. The highest BCUT2D eigenvalue weighted by molar-refractivity contribution is 5.81. The van der Waals surface area contributed by atoms with E-state index >= 15 is 0 Å². The van der Waals surface area contributed by atoms with Crippen molar-refractivity contribution in [1.29, 1.82) is 0 Å². The third-order valence-electron chi connectivity index (χ3n) is 4.67. The quantitative estimate of drug-likeness (QED) is 0.355. The maximum Gasteiger partial charge on any atom is 0.364 e. The number of aryl methyl sites for hydroxylation is 1. The molecule has 0 aliphatic carbocycles. The summed E-state index contributed by atoms with van der Waals surface area (Å²) in [6.45, 7) is 2.25. The van der Waals surface area contributed by atoms with Crippen molar-refractivity contribution < 1.29 is 9.52 Å². The molecule has 0 atom stereocenters. The number of fused-ring (bicyclic) bond motifs is 1. The van der Waals surface area contributed by atoms with Crippen LogP contribution in [-0.4, -0.2) is 5.11 Å². The van der Waals surface area contributed by atoms with Crippen LogP contribution in [0.3, 0.4) is 0 Å². The number of benzene rings is 2. The van der Waals surface area contributed by atoms with E-state index in [2.05, 4.69) is 25.1 Å². The molecule has 2 heteroatoms. The Kier molecular flexibility index (Phi) is 6.05. The Labute approximate surface area is 150 Å². The van der Waals surface area contributed by atoms with Crippen molar-refractivity contribution in [2.24, 2.45) is 0 Å². The highest BCUT2D eigenvalue weighted by atomic mass is 16.3. The van der Waals surface area contributed by atoms with E-state index in [0.29, 0.717) is 0 Å². The van der Waals surface area contributed by atoms with Crippen LogP contribution < -0.4 is 0 Å². The highest BCUT2D eigenvalue weighted by Gasteiger charge is 2.21. The lowest BCUT2D eigenvalue weighted by atomic mass is 9.99. The zero-order valence-electron chi connectivity index (χ0n) is 15.0. The molecule has 1 aromatic heterocycles. The number of phenolic OH excluding ortho intramolecular Hbond substituents is 1. The van der Waals surface area contributed by atoms with Gasteiger partial charge in [-0.3, -0.25) is 0 Å². The molecule has 3 rings (SSSR count). The molecule has 1 heterocycles. The molecule has 0 saturated carbocycles. The van der Waals surface area contributed by atoms with Gasteiger partial charge in [0.25, 0.3) is 0 Å². The molecule has 0 bridgehead atoms. The van der Waals surface area contributed by atoms with Crippen LogP contribution >= 0.6 is 0 Å². The highest BCUT2D eigenvalue weighted by Crippen LogP contribution is 2.31. The molecule has 0 aliphatic heterocycles. The van der Waals surface area contributed by atoms with Gasteiger partial charge in [0.05, 0.1) is 22.6 Å². The van der Waals surface area contributed by atoms with Crippen LogP contribution in [-0.2, 0) is 6.42 Å². The Morgan fingerprint density at radius 1 is 0.840 bits per heavy atom. The largest absolute Gasteiger partial charge is 0.508 e. The van der Waals surface area contributed by atoms with Gasteiger partial charge in [-0.15, -0.1) is 0 Å². The van der Waals surface area contributed by atoms with Crippen LogP contribution in [0.15, 0.2) is 59.0 Å². The number of phenols is 1. The Balaban J connectivity index is 1.85. The summed E-state index contributed by atoms with van der Waals surface area (Å²) in [6, 6.07) is 17.8. The molecule has 0 radical (unpaired) electrons. The van der Waals surface area contributed by atoms with Crippen LogP contribution in [0.25, 0.3) is 22.3 Å². The van der Waals surface area contributed by atoms with E-state index in [9.17, 15) is 5.11 Å². The van der Waals surface area contributed by atoms with Crippen molar-refractivity contribution in [3.63, 3.8) is 0 Å². The van der Waals surface area contributed by atoms with Crippen LogP contribution in [0, 0.1) is 0 Å². The van der Waals surface area contributed by atoms with Crippen molar-refractivity contribution in [1.82, 2.24) is 0 Å². The maximum absolute atomic E-state index is 9.75. The van der Waals surface area contributed by atoms with Crippen LogP contribution in [0.5, 0.6) is 5.75 Å². The lowest BCUT2D eigenvalue weighted by Gasteiger charge is -2.04. The van der Waals surface area contributed by atoms with Crippen LogP contribution in [0.4, 0.5) is 0 Å². The first kappa shape index (κ1) is 17.5. The van der Waals surface area contributed by atoms with Crippen LogP contribution in [0.2, 0.25) is 0 Å². The Morgan fingerprint density at radius 3 is 2.40 bits per heavy atom. The van der Waals surface area contributed by atoms with Gasteiger partial charge in [0, 0.05) is 0 Å². The molecule has 3 aromatic rings. The number of hydrogen-bond acceptors (Lipinski definition) is 1. The van der Waals surface area contributed by atoms with Gasteiger partial charge in [-0.25, -0.2) is 4.42 Å². The summed E-state index contributed by atoms with van der Waals surface area (Å²) in [6.07, 6.45) is 8.75. The Morgan fingerprint density at radius 2 is 1.60 bits per heavy atom. The van der Waals surface area contributed by atoms with Gasteiger partial charge in [-0.1, -0.05) is 57.2 Å². The lowest BCUT2D eigenvalue weighted by Crippen LogP contribution is -1.92. The molecule has 0 amide bonds. The SMILES string of the molecule is CCCCCCCCc1cc2ccc(O)cc2[o+]c1-c1ccccc1. The smallest absolute Gasteiger partial charge is 0.364 e. The molecule has 0 spiro atoms. The summed E-state index contributed by atoms with van der Waals surface area (Å²) in [5, 5.41) is 10.8.